The summed E-state index contributed by atoms with van der Waals surface area (Å²) in [4.78, 5) is 4.47. The van der Waals surface area contributed by atoms with E-state index in [0.29, 0.717) is 5.89 Å². The molecule has 0 radical (unpaired) electrons. The van der Waals surface area contributed by atoms with E-state index in [2.05, 4.69) is 72.3 Å². The normalized spacial score (nSPS) is 13.1. The Morgan fingerprint density at radius 2 is 1.85 bits per heavy atom. The summed E-state index contributed by atoms with van der Waals surface area (Å²) >= 11 is 1.57. The molecule has 0 unspecified atom stereocenters. The minimum absolute atomic E-state index is 0.0159. The van der Waals surface area contributed by atoms with Crippen LogP contribution in [0.1, 0.15) is 63.6 Å². The molecule has 7 heteroatoms. The van der Waals surface area contributed by atoms with E-state index in [4.69, 9.17) is 4.52 Å². The van der Waals surface area contributed by atoms with Crippen LogP contribution < -0.4 is 0 Å². The van der Waals surface area contributed by atoms with Crippen LogP contribution in [0, 0.1) is 0 Å². The number of thioether (sulfide) groups is 1. The molecular formula is C20H27N5OS. The minimum Gasteiger partial charge on any atom is -0.338 e. The van der Waals surface area contributed by atoms with Gasteiger partial charge in [0.25, 0.3) is 0 Å². The number of nitrogens with zero attached hydrogens (tertiary/aromatic N) is 5. The van der Waals surface area contributed by atoms with E-state index >= 15 is 0 Å². The summed E-state index contributed by atoms with van der Waals surface area (Å²) in [5.74, 6) is 2.24. The van der Waals surface area contributed by atoms with E-state index < -0.39 is 0 Å². The van der Waals surface area contributed by atoms with Gasteiger partial charge in [-0.25, -0.2) is 0 Å². The number of hydrogen-bond donors (Lipinski definition) is 0. The molecule has 3 aromatic rings. The summed E-state index contributed by atoms with van der Waals surface area (Å²) in [6.07, 6.45) is 1.83. The molecule has 0 saturated heterocycles. The van der Waals surface area contributed by atoms with Crippen molar-refractivity contribution in [3.05, 3.63) is 41.5 Å². The van der Waals surface area contributed by atoms with Gasteiger partial charge in [-0.05, 0) is 24.3 Å². The van der Waals surface area contributed by atoms with Gasteiger partial charge in [0.15, 0.2) is 16.8 Å². The Hall–Kier alpha value is -2.15. The van der Waals surface area contributed by atoms with Crippen molar-refractivity contribution in [1.82, 2.24) is 24.9 Å². The van der Waals surface area contributed by atoms with Gasteiger partial charge in [-0.3, -0.25) is 0 Å². The molecular weight excluding hydrogens is 358 g/mol. The maximum atomic E-state index is 5.39. The first kappa shape index (κ1) is 19.6. The molecule has 0 N–H and O–H groups in total. The lowest BCUT2D eigenvalue weighted by atomic mass is 9.87. The summed E-state index contributed by atoms with van der Waals surface area (Å²) in [6.45, 7) is 10.8. The topological polar surface area (TPSA) is 69.6 Å². The Morgan fingerprint density at radius 1 is 1.15 bits per heavy atom. The quantitative estimate of drug-likeness (QED) is 0.558. The summed E-state index contributed by atoms with van der Waals surface area (Å²) in [5, 5.41) is 13.6. The van der Waals surface area contributed by atoms with Crippen molar-refractivity contribution in [3.63, 3.8) is 0 Å². The number of hydrogen-bond acceptors (Lipinski definition) is 6. The molecule has 3 rings (SSSR count). The number of aryl methyl sites for hydroxylation is 1. The maximum absolute atomic E-state index is 5.39. The summed E-state index contributed by atoms with van der Waals surface area (Å²) in [6, 6.07) is 8.54. The van der Waals surface area contributed by atoms with Crippen LogP contribution in [0.15, 0.2) is 33.9 Å². The molecule has 2 aromatic heterocycles. The van der Waals surface area contributed by atoms with Gasteiger partial charge >= 0.3 is 0 Å². The molecule has 0 aliphatic rings. The lowest BCUT2D eigenvalue weighted by Crippen LogP contribution is -2.10. The molecule has 0 amide bonds. The highest BCUT2D eigenvalue weighted by Gasteiger charge is 2.20. The van der Waals surface area contributed by atoms with Gasteiger partial charge in [-0.1, -0.05) is 68.9 Å². The van der Waals surface area contributed by atoms with E-state index in [1.54, 1.807) is 11.8 Å². The first-order chi connectivity index (χ1) is 12.8. The second kappa shape index (κ2) is 7.84. The lowest BCUT2D eigenvalue weighted by Gasteiger charge is -2.19. The molecule has 27 heavy (non-hydrogen) atoms. The zero-order valence-corrected chi connectivity index (χ0v) is 17.7. The molecule has 0 fully saturated rings. The molecule has 1 aromatic carbocycles. The first-order valence-electron chi connectivity index (χ1n) is 9.29. The van der Waals surface area contributed by atoms with Crippen molar-refractivity contribution in [1.29, 1.82) is 0 Å². The standard InChI is InChI=1S/C20H27N5OS/c1-7-8-16-21-18(26-24-16)13(2)27-19-23-22-17(25(19)6)14-9-11-15(12-10-14)20(3,4)5/h9-13H,7-8H2,1-6H3/t13-/m1/s1. The van der Waals surface area contributed by atoms with Gasteiger partial charge < -0.3 is 9.09 Å². The Bertz CT molecular complexity index is 892. The molecule has 0 aliphatic carbocycles. The summed E-state index contributed by atoms with van der Waals surface area (Å²) in [7, 11) is 1.98. The summed E-state index contributed by atoms with van der Waals surface area (Å²) < 4.78 is 7.40. The van der Waals surface area contributed by atoms with Crippen LogP contribution in [0.3, 0.4) is 0 Å². The van der Waals surface area contributed by atoms with Crippen molar-refractivity contribution in [3.8, 4) is 11.4 Å². The van der Waals surface area contributed by atoms with Crippen LogP contribution >= 0.6 is 11.8 Å². The fourth-order valence-electron chi connectivity index (χ4n) is 2.75. The van der Waals surface area contributed by atoms with Crippen molar-refractivity contribution in [2.24, 2.45) is 7.05 Å². The summed E-state index contributed by atoms with van der Waals surface area (Å²) in [5.41, 5.74) is 2.49. The van der Waals surface area contributed by atoms with E-state index in [0.717, 1.165) is 35.2 Å². The monoisotopic (exact) mass is 385 g/mol. The predicted molar refractivity (Wildman–Crippen MR) is 108 cm³/mol. The van der Waals surface area contributed by atoms with E-state index in [1.807, 2.05) is 18.5 Å². The van der Waals surface area contributed by atoms with Gasteiger partial charge in [0.1, 0.15) is 0 Å². The third-order valence-corrected chi connectivity index (χ3v) is 5.55. The van der Waals surface area contributed by atoms with Gasteiger partial charge in [-0.2, -0.15) is 4.98 Å². The minimum atomic E-state index is 0.0159. The van der Waals surface area contributed by atoms with Crippen LogP contribution in [0.25, 0.3) is 11.4 Å². The van der Waals surface area contributed by atoms with Crippen LogP contribution in [-0.4, -0.2) is 24.9 Å². The Kier molecular flexibility index (Phi) is 5.69. The zero-order chi connectivity index (χ0) is 19.6. The van der Waals surface area contributed by atoms with Gasteiger partial charge in [0.05, 0.1) is 5.25 Å². The Morgan fingerprint density at radius 3 is 2.48 bits per heavy atom. The molecule has 0 aliphatic heterocycles. The van der Waals surface area contributed by atoms with E-state index in [1.165, 1.54) is 5.56 Å². The van der Waals surface area contributed by atoms with E-state index in [-0.39, 0.29) is 10.7 Å². The average Bonchev–Trinajstić information content (AvgIpc) is 3.22. The smallest absolute Gasteiger partial charge is 0.239 e. The molecule has 0 bridgehead atoms. The molecule has 1 atom stereocenters. The van der Waals surface area contributed by atoms with Crippen LogP contribution in [0.4, 0.5) is 0 Å². The molecule has 6 nitrogen and oxygen atoms in total. The Balaban J connectivity index is 1.76. The van der Waals surface area contributed by atoms with Crippen molar-refractivity contribution in [2.45, 2.75) is 63.3 Å². The predicted octanol–water partition coefficient (Wildman–Crippen LogP) is 4.97. The van der Waals surface area contributed by atoms with Crippen molar-refractivity contribution >= 4 is 11.8 Å². The third-order valence-electron chi connectivity index (χ3n) is 4.43. The van der Waals surface area contributed by atoms with Gasteiger partial charge in [0, 0.05) is 19.0 Å². The lowest BCUT2D eigenvalue weighted by molar-refractivity contribution is 0.374. The highest BCUT2D eigenvalue weighted by atomic mass is 32.2. The molecule has 2 heterocycles. The average molecular weight is 386 g/mol. The van der Waals surface area contributed by atoms with E-state index in [9.17, 15) is 0 Å². The maximum Gasteiger partial charge on any atom is 0.239 e. The highest BCUT2D eigenvalue weighted by molar-refractivity contribution is 7.99. The van der Waals surface area contributed by atoms with Gasteiger partial charge in [-0.15, -0.1) is 10.2 Å². The second-order valence-electron chi connectivity index (χ2n) is 7.75. The molecule has 144 valence electrons. The third kappa shape index (κ3) is 4.40. The SMILES string of the molecule is CCCc1noc([C@@H](C)Sc2nnc(-c3ccc(C(C)(C)C)cc3)n2C)n1. The largest absolute Gasteiger partial charge is 0.338 e. The second-order valence-corrected chi connectivity index (χ2v) is 9.06. The van der Waals surface area contributed by atoms with Crippen molar-refractivity contribution in [2.75, 3.05) is 0 Å². The Labute approximate surface area is 164 Å². The van der Waals surface area contributed by atoms with Crippen LogP contribution in [-0.2, 0) is 18.9 Å². The van der Waals surface area contributed by atoms with Crippen molar-refractivity contribution < 1.29 is 4.52 Å². The number of rotatable bonds is 6. The molecule has 0 spiro atoms. The first-order valence-corrected chi connectivity index (χ1v) is 10.2. The molecule has 0 saturated carbocycles. The van der Waals surface area contributed by atoms with Crippen LogP contribution in [0.2, 0.25) is 0 Å². The number of benzene rings is 1. The zero-order valence-electron chi connectivity index (χ0n) is 16.9. The highest BCUT2D eigenvalue weighted by Crippen LogP contribution is 2.34. The van der Waals surface area contributed by atoms with Gasteiger partial charge in [0.2, 0.25) is 5.89 Å². The number of aromatic nitrogens is 5. The fourth-order valence-corrected chi connectivity index (χ4v) is 3.60. The van der Waals surface area contributed by atoms with Crippen LogP contribution in [0.5, 0.6) is 0 Å². The fraction of sp³-hybridized carbons (Fsp3) is 0.500.